The van der Waals surface area contributed by atoms with E-state index in [1.165, 1.54) is 4.90 Å². The van der Waals surface area contributed by atoms with Gasteiger partial charge in [-0.2, -0.15) is 13.2 Å². The highest BCUT2D eigenvalue weighted by molar-refractivity contribution is 6.39. The Morgan fingerprint density at radius 2 is 1.73 bits per heavy atom. The molecule has 0 bridgehead atoms. The van der Waals surface area contributed by atoms with Gasteiger partial charge in [-0.1, -0.05) is 0 Å². The number of aromatic nitrogens is 1. The van der Waals surface area contributed by atoms with Crippen LogP contribution in [0, 0.1) is 0 Å². The fourth-order valence-corrected chi connectivity index (χ4v) is 3.00. The van der Waals surface area contributed by atoms with Crippen LogP contribution in [0.15, 0.2) is 48.8 Å². The van der Waals surface area contributed by atoms with E-state index in [0.29, 0.717) is 6.54 Å². The molecule has 0 unspecified atom stereocenters. The van der Waals surface area contributed by atoms with Crippen molar-refractivity contribution in [3.8, 4) is 0 Å². The van der Waals surface area contributed by atoms with E-state index in [4.69, 9.17) is 0 Å². The number of hydrogen-bond donors (Lipinski definition) is 1. The molecule has 0 aliphatic carbocycles. The number of alkyl halides is 3. The number of nitrogens with zero attached hydrogens (tertiary/aromatic N) is 2. The Balaban J connectivity index is 1.68. The lowest BCUT2D eigenvalue weighted by Gasteiger charge is -2.24. The van der Waals surface area contributed by atoms with Gasteiger partial charge in [0.05, 0.1) is 11.6 Å². The number of hydrogen-bond acceptors (Lipinski definition) is 3. The molecule has 1 aliphatic heterocycles. The van der Waals surface area contributed by atoms with Gasteiger partial charge in [-0.3, -0.25) is 14.6 Å². The van der Waals surface area contributed by atoms with E-state index in [2.05, 4.69) is 10.3 Å². The molecule has 8 heteroatoms. The van der Waals surface area contributed by atoms with E-state index in [-0.39, 0.29) is 11.7 Å². The molecule has 5 nitrogen and oxygen atoms in total. The highest BCUT2D eigenvalue weighted by atomic mass is 19.4. The van der Waals surface area contributed by atoms with E-state index in [9.17, 15) is 22.8 Å². The molecular formula is C18H16F3N3O2. The molecule has 2 amide bonds. The van der Waals surface area contributed by atoms with Crippen molar-refractivity contribution in [1.29, 1.82) is 0 Å². The van der Waals surface area contributed by atoms with Gasteiger partial charge in [0.15, 0.2) is 0 Å². The minimum Gasteiger partial charge on any atom is -0.327 e. The van der Waals surface area contributed by atoms with Gasteiger partial charge in [0.25, 0.3) is 0 Å². The van der Waals surface area contributed by atoms with Crippen LogP contribution < -0.4 is 5.32 Å². The first-order valence-electron chi connectivity index (χ1n) is 8.05. The summed E-state index contributed by atoms with van der Waals surface area (Å²) >= 11 is 0. The summed E-state index contributed by atoms with van der Waals surface area (Å²) in [5.41, 5.74) is 0.211. The first kappa shape index (κ1) is 17.9. The molecule has 0 spiro atoms. The van der Waals surface area contributed by atoms with Crippen molar-refractivity contribution in [3.63, 3.8) is 0 Å². The maximum atomic E-state index is 12.6. The van der Waals surface area contributed by atoms with E-state index in [0.717, 1.165) is 42.7 Å². The second kappa shape index (κ2) is 7.15. The number of rotatable bonds is 2. The van der Waals surface area contributed by atoms with Crippen molar-refractivity contribution in [1.82, 2.24) is 9.88 Å². The second-order valence-electron chi connectivity index (χ2n) is 5.97. The first-order chi connectivity index (χ1) is 12.4. The van der Waals surface area contributed by atoms with Gasteiger partial charge in [-0.15, -0.1) is 0 Å². The van der Waals surface area contributed by atoms with Gasteiger partial charge in [0, 0.05) is 24.6 Å². The van der Waals surface area contributed by atoms with E-state index < -0.39 is 23.6 Å². The summed E-state index contributed by atoms with van der Waals surface area (Å²) in [5.74, 6) is -1.57. The molecule has 136 valence electrons. The van der Waals surface area contributed by atoms with Crippen LogP contribution in [0.3, 0.4) is 0 Å². The molecule has 1 saturated heterocycles. The van der Waals surface area contributed by atoms with Crippen LogP contribution in [-0.2, 0) is 15.8 Å². The average molecular weight is 363 g/mol. The Kier molecular flexibility index (Phi) is 4.92. The second-order valence-corrected chi connectivity index (χ2v) is 5.97. The van der Waals surface area contributed by atoms with Crippen LogP contribution in [-0.4, -0.2) is 28.2 Å². The van der Waals surface area contributed by atoms with Gasteiger partial charge in [-0.05, 0) is 54.8 Å². The van der Waals surface area contributed by atoms with Gasteiger partial charge >= 0.3 is 18.0 Å². The molecule has 1 fully saturated rings. The largest absolute Gasteiger partial charge is 0.416 e. The third kappa shape index (κ3) is 3.84. The number of nitrogens with one attached hydrogen (secondary N) is 1. The van der Waals surface area contributed by atoms with Crippen molar-refractivity contribution < 1.29 is 22.8 Å². The molecule has 1 aromatic heterocycles. The Morgan fingerprint density at radius 1 is 1.08 bits per heavy atom. The van der Waals surface area contributed by atoms with Crippen molar-refractivity contribution in [3.05, 3.63) is 59.9 Å². The predicted molar refractivity (Wildman–Crippen MR) is 88.0 cm³/mol. The maximum absolute atomic E-state index is 12.6. The summed E-state index contributed by atoms with van der Waals surface area (Å²) in [4.78, 5) is 30.1. The highest BCUT2D eigenvalue weighted by Crippen LogP contribution is 2.32. The summed E-state index contributed by atoms with van der Waals surface area (Å²) in [7, 11) is 0. The van der Waals surface area contributed by atoms with Crippen molar-refractivity contribution in [2.45, 2.75) is 25.1 Å². The van der Waals surface area contributed by atoms with Gasteiger partial charge in [-0.25, -0.2) is 0 Å². The quantitative estimate of drug-likeness (QED) is 0.832. The minimum atomic E-state index is -4.45. The number of amides is 2. The number of carbonyl (C=O) groups is 2. The monoisotopic (exact) mass is 363 g/mol. The summed E-state index contributed by atoms with van der Waals surface area (Å²) in [6, 6.07) is 7.35. The number of halogens is 3. The van der Waals surface area contributed by atoms with E-state index >= 15 is 0 Å². The minimum absolute atomic E-state index is 0.135. The van der Waals surface area contributed by atoms with Crippen LogP contribution in [0.1, 0.15) is 30.0 Å². The Labute approximate surface area is 147 Å². The first-order valence-corrected chi connectivity index (χ1v) is 8.05. The Morgan fingerprint density at radius 3 is 2.35 bits per heavy atom. The van der Waals surface area contributed by atoms with Gasteiger partial charge < -0.3 is 10.2 Å². The smallest absolute Gasteiger partial charge is 0.327 e. The normalized spacial score (nSPS) is 17.2. The molecule has 1 aromatic carbocycles. The molecule has 2 aromatic rings. The van der Waals surface area contributed by atoms with Gasteiger partial charge in [0.2, 0.25) is 0 Å². The lowest BCUT2D eigenvalue weighted by Crippen LogP contribution is -2.39. The SMILES string of the molecule is O=C(Nc1ccc(C(F)(F)F)cc1)C(=O)N1CCC[C@@H]1c1ccncc1. The van der Waals surface area contributed by atoms with Crippen molar-refractivity contribution >= 4 is 17.5 Å². The lowest BCUT2D eigenvalue weighted by molar-refractivity contribution is -0.143. The molecule has 0 radical (unpaired) electrons. The lowest BCUT2D eigenvalue weighted by atomic mass is 10.1. The van der Waals surface area contributed by atoms with E-state index in [1.54, 1.807) is 24.5 Å². The Hall–Kier alpha value is -2.90. The molecule has 0 saturated carbocycles. The molecule has 1 aliphatic rings. The van der Waals surface area contributed by atoms with Crippen LogP contribution in [0.5, 0.6) is 0 Å². The number of benzene rings is 1. The maximum Gasteiger partial charge on any atom is 0.416 e. The zero-order chi connectivity index (χ0) is 18.7. The molecule has 1 N–H and O–H groups in total. The zero-order valence-electron chi connectivity index (χ0n) is 13.7. The summed E-state index contributed by atoms with van der Waals surface area (Å²) in [6.07, 6.45) is 0.304. The number of carbonyl (C=O) groups excluding carboxylic acids is 2. The molecular weight excluding hydrogens is 347 g/mol. The molecule has 2 heterocycles. The predicted octanol–water partition coefficient (Wildman–Crippen LogP) is 3.40. The molecule has 1 atom stereocenters. The van der Waals surface area contributed by atoms with Crippen LogP contribution in [0.25, 0.3) is 0 Å². The third-order valence-electron chi connectivity index (χ3n) is 4.27. The third-order valence-corrected chi connectivity index (χ3v) is 4.27. The summed E-state index contributed by atoms with van der Waals surface area (Å²) in [5, 5.41) is 2.36. The van der Waals surface area contributed by atoms with Gasteiger partial charge in [0.1, 0.15) is 0 Å². The summed E-state index contributed by atoms with van der Waals surface area (Å²) in [6.45, 7) is 0.451. The summed E-state index contributed by atoms with van der Waals surface area (Å²) < 4.78 is 37.7. The molecule has 26 heavy (non-hydrogen) atoms. The molecule has 3 rings (SSSR count). The Bertz CT molecular complexity index is 792. The fourth-order valence-electron chi connectivity index (χ4n) is 3.00. The van der Waals surface area contributed by atoms with Crippen molar-refractivity contribution in [2.24, 2.45) is 0 Å². The van der Waals surface area contributed by atoms with Crippen LogP contribution >= 0.6 is 0 Å². The standard InChI is InChI=1S/C18H16F3N3O2/c19-18(20,21)13-3-5-14(6-4-13)23-16(25)17(26)24-11-1-2-15(24)12-7-9-22-10-8-12/h3-10,15H,1-2,11H2,(H,23,25)/t15-/m1/s1. The number of pyridine rings is 1. The average Bonchev–Trinajstić information content (AvgIpc) is 3.11. The number of likely N-dealkylation sites (tertiary alicyclic amines) is 1. The van der Waals surface area contributed by atoms with E-state index in [1.807, 2.05) is 0 Å². The van der Waals surface area contributed by atoms with Crippen molar-refractivity contribution in [2.75, 3.05) is 11.9 Å². The zero-order valence-corrected chi connectivity index (χ0v) is 13.7. The topological polar surface area (TPSA) is 62.3 Å². The fraction of sp³-hybridized carbons (Fsp3) is 0.278. The van der Waals surface area contributed by atoms with Crippen LogP contribution in [0.4, 0.5) is 18.9 Å². The highest BCUT2D eigenvalue weighted by Gasteiger charge is 2.34. The number of anilines is 1. The van der Waals surface area contributed by atoms with Crippen LogP contribution in [0.2, 0.25) is 0 Å².